The van der Waals surface area contributed by atoms with E-state index in [-0.39, 0.29) is 22.7 Å². The molecule has 0 saturated heterocycles. The van der Waals surface area contributed by atoms with Gasteiger partial charge in [-0.2, -0.15) is 4.98 Å². The molecule has 0 bridgehead atoms. The third kappa shape index (κ3) is 3.98. The SMILES string of the molecule is CCCCCn1c(=O)c2c(nc(NCCc3ccc(O)c(O)c3)n2C)n(C)c1=O. The highest BCUT2D eigenvalue weighted by atomic mass is 16.3. The fourth-order valence-corrected chi connectivity index (χ4v) is 3.36. The number of unbranched alkanes of at least 4 members (excludes halogenated alkanes) is 2. The lowest BCUT2D eigenvalue weighted by molar-refractivity contribution is 0.403. The van der Waals surface area contributed by atoms with Crippen molar-refractivity contribution in [2.75, 3.05) is 11.9 Å². The molecule has 0 aliphatic heterocycles. The van der Waals surface area contributed by atoms with Gasteiger partial charge >= 0.3 is 5.69 Å². The van der Waals surface area contributed by atoms with Gasteiger partial charge in [0, 0.05) is 27.2 Å². The van der Waals surface area contributed by atoms with E-state index >= 15 is 0 Å². The number of phenols is 2. The van der Waals surface area contributed by atoms with Crippen LogP contribution < -0.4 is 16.6 Å². The number of phenolic OH excluding ortho intramolecular Hbond substituents is 2. The van der Waals surface area contributed by atoms with Crippen LogP contribution in [0.1, 0.15) is 31.7 Å². The van der Waals surface area contributed by atoms with Crippen molar-refractivity contribution in [3.63, 3.8) is 0 Å². The van der Waals surface area contributed by atoms with Gasteiger partial charge in [-0.25, -0.2) is 4.79 Å². The van der Waals surface area contributed by atoms with Gasteiger partial charge < -0.3 is 20.1 Å². The molecule has 0 aliphatic carbocycles. The highest BCUT2D eigenvalue weighted by molar-refractivity contribution is 5.74. The van der Waals surface area contributed by atoms with Crippen molar-refractivity contribution in [1.82, 2.24) is 18.7 Å². The Kier molecular flexibility index (Phi) is 5.95. The molecule has 0 fully saturated rings. The predicted octanol–water partition coefficient (Wildman–Crippen LogP) is 1.69. The zero-order chi connectivity index (χ0) is 21.1. The maximum Gasteiger partial charge on any atom is 0.332 e. The first-order chi connectivity index (χ1) is 13.8. The van der Waals surface area contributed by atoms with E-state index in [1.807, 2.05) is 0 Å². The van der Waals surface area contributed by atoms with Gasteiger partial charge in [-0.05, 0) is 30.5 Å². The van der Waals surface area contributed by atoms with Crippen molar-refractivity contribution in [2.45, 2.75) is 39.2 Å². The summed E-state index contributed by atoms with van der Waals surface area (Å²) in [6.07, 6.45) is 3.32. The number of nitrogens with one attached hydrogen (secondary N) is 1. The highest BCUT2D eigenvalue weighted by Gasteiger charge is 2.18. The molecule has 156 valence electrons. The first kappa shape index (κ1) is 20.5. The number of hydrogen-bond acceptors (Lipinski definition) is 6. The summed E-state index contributed by atoms with van der Waals surface area (Å²) in [6.45, 7) is 2.97. The molecule has 1 aromatic carbocycles. The summed E-state index contributed by atoms with van der Waals surface area (Å²) in [5.41, 5.74) is 0.887. The van der Waals surface area contributed by atoms with Crippen LogP contribution in [0, 0.1) is 0 Å². The quantitative estimate of drug-likeness (QED) is 0.391. The van der Waals surface area contributed by atoms with Crippen molar-refractivity contribution in [3.05, 3.63) is 44.6 Å². The molecule has 0 aliphatic rings. The smallest absolute Gasteiger partial charge is 0.332 e. The Labute approximate surface area is 167 Å². The van der Waals surface area contributed by atoms with E-state index < -0.39 is 0 Å². The number of anilines is 1. The summed E-state index contributed by atoms with van der Waals surface area (Å²) >= 11 is 0. The van der Waals surface area contributed by atoms with Crippen LogP contribution >= 0.6 is 0 Å². The Morgan fingerprint density at radius 3 is 2.52 bits per heavy atom. The number of imidazole rings is 1. The average molecular weight is 401 g/mol. The molecule has 0 radical (unpaired) electrons. The summed E-state index contributed by atoms with van der Waals surface area (Å²) in [5, 5.41) is 22.2. The summed E-state index contributed by atoms with van der Waals surface area (Å²) in [6, 6.07) is 4.67. The fourth-order valence-electron chi connectivity index (χ4n) is 3.36. The van der Waals surface area contributed by atoms with Crippen LogP contribution in [0.25, 0.3) is 11.2 Å². The molecule has 29 heavy (non-hydrogen) atoms. The third-order valence-corrected chi connectivity index (χ3v) is 5.08. The number of benzene rings is 1. The molecular formula is C20H27N5O4. The first-order valence-corrected chi connectivity index (χ1v) is 9.76. The van der Waals surface area contributed by atoms with Crippen LogP contribution in [-0.4, -0.2) is 35.4 Å². The van der Waals surface area contributed by atoms with Crippen molar-refractivity contribution >= 4 is 17.1 Å². The Hall–Kier alpha value is -3.23. The molecule has 0 amide bonds. The number of hydrogen-bond donors (Lipinski definition) is 3. The predicted molar refractivity (Wildman–Crippen MR) is 112 cm³/mol. The van der Waals surface area contributed by atoms with Crippen LogP contribution in [0.2, 0.25) is 0 Å². The topological polar surface area (TPSA) is 114 Å². The van der Waals surface area contributed by atoms with Gasteiger partial charge in [0.05, 0.1) is 0 Å². The monoisotopic (exact) mass is 401 g/mol. The van der Waals surface area contributed by atoms with Crippen LogP contribution in [0.5, 0.6) is 11.5 Å². The molecule has 3 rings (SSSR count). The standard InChI is InChI=1S/C20H27N5O4/c1-4-5-6-11-25-18(28)16-17(24(3)20(25)29)22-19(23(16)2)21-10-9-13-7-8-14(26)15(27)12-13/h7-8,12,26-27H,4-6,9-11H2,1-3H3,(H,21,22). The summed E-state index contributed by atoms with van der Waals surface area (Å²) < 4.78 is 4.36. The highest BCUT2D eigenvalue weighted by Crippen LogP contribution is 2.25. The zero-order valence-electron chi connectivity index (χ0n) is 17.0. The minimum Gasteiger partial charge on any atom is -0.504 e. The van der Waals surface area contributed by atoms with Gasteiger partial charge in [-0.1, -0.05) is 25.8 Å². The lowest BCUT2D eigenvalue weighted by atomic mass is 10.1. The van der Waals surface area contributed by atoms with Crippen LogP contribution in [0.4, 0.5) is 5.95 Å². The summed E-state index contributed by atoms with van der Waals surface area (Å²) in [5.74, 6) is 0.165. The van der Waals surface area contributed by atoms with E-state index in [2.05, 4.69) is 17.2 Å². The van der Waals surface area contributed by atoms with E-state index in [0.717, 1.165) is 24.8 Å². The van der Waals surface area contributed by atoms with Gasteiger partial charge in [0.15, 0.2) is 22.7 Å². The fraction of sp³-hybridized carbons (Fsp3) is 0.450. The maximum atomic E-state index is 12.9. The molecule has 0 unspecified atom stereocenters. The van der Waals surface area contributed by atoms with Gasteiger partial charge in [-0.3, -0.25) is 13.9 Å². The van der Waals surface area contributed by atoms with Crippen molar-refractivity contribution in [3.8, 4) is 11.5 Å². The largest absolute Gasteiger partial charge is 0.504 e. The van der Waals surface area contributed by atoms with E-state index in [1.54, 1.807) is 24.7 Å². The lowest BCUT2D eigenvalue weighted by Gasteiger charge is -2.08. The van der Waals surface area contributed by atoms with Gasteiger partial charge in [-0.15, -0.1) is 0 Å². The van der Waals surface area contributed by atoms with Gasteiger partial charge in [0.2, 0.25) is 5.95 Å². The molecule has 0 spiro atoms. The molecule has 3 aromatic rings. The van der Waals surface area contributed by atoms with Crippen molar-refractivity contribution in [1.29, 1.82) is 0 Å². The molecule has 2 heterocycles. The normalized spacial score (nSPS) is 11.3. The number of aromatic hydroxyl groups is 2. The third-order valence-electron chi connectivity index (χ3n) is 5.08. The van der Waals surface area contributed by atoms with E-state index in [9.17, 15) is 19.8 Å². The molecule has 0 atom stereocenters. The molecule has 9 nitrogen and oxygen atoms in total. The molecule has 2 aromatic heterocycles. The van der Waals surface area contributed by atoms with Crippen LogP contribution in [-0.2, 0) is 27.1 Å². The Bertz CT molecular complexity index is 1140. The average Bonchev–Trinajstić information content (AvgIpc) is 3.02. The number of aromatic nitrogens is 4. The van der Waals surface area contributed by atoms with Crippen molar-refractivity contribution < 1.29 is 10.2 Å². The maximum absolute atomic E-state index is 12.9. The minimum absolute atomic E-state index is 0.159. The van der Waals surface area contributed by atoms with Crippen LogP contribution in [0.15, 0.2) is 27.8 Å². The Morgan fingerprint density at radius 1 is 1.07 bits per heavy atom. The van der Waals surface area contributed by atoms with Gasteiger partial charge in [0.1, 0.15) is 0 Å². The second-order valence-electron chi connectivity index (χ2n) is 7.17. The van der Waals surface area contributed by atoms with Crippen molar-refractivity contribution in [2.24, 2.45) is 14.1 Å². The second-order valence-corrected chi connectivity index (χ2v) is 7.17. The number of fused-ring (bicyclic) bond motifs is 1. The van der Waals surface area contributed by atoms with E-state index in [1.165, 1.54) is 21.3 Å². The Morgan fingerprint density at radius 2 is 1.83 bits per heavy atom. The first-order valence-electron chi connectivity index (χ1n) is 9.76. The number of rotatable bonds is 8. The molecular weight excluding hydrogens is 374 g/mol. The lowest BCUT2D eigenvalue weighted by Crippen LogP contribution is -2.39. The Balaban J connectivity index is 1.86. The summed E-state index contributed by atoms with van der Waals surface area (Å²) in [7, 11) is 3.36. The van der Waals surface area contributed by atoms with Gasteiger partial charge in [0.25, 0.3) is 5.56 Å². The summed E-state index contributed by atoms with van der Waals surface area (Å²) in [4.78, 5) is 29.9. The number of aryl methyl sites for hydroxylation is 2. The van der Waals surface area contributed by atoms with E-state index in [0.29, 0.717) is 36.6 Å². The van der Waals surface area contributed by atoms with E-state index in [4.69, 9.17) is 0 Å². The second kappa shape index (κ2) is 8.42. The van der Waals surface area contributed by atoms with Crippen LogP contribution in [0.3, 0.4) is 0 Å². The number of nitrogens with zero attached hydrogens (tertiary/aromatic N) is 4. The molecule has 9 heteroatoms. The molecule has 0 saturated carbocycles. The zero-order valence-corrected chi connectivity index (χ0v) is 17.0. The molecule has 3 N–H and O–H groups in total. The minimum atomic E-state index is -0.358.